The van der Waals surface area contributed by atoms with Gasteiger partial charge in [0, 0.05) is 9.75 Å². The van der Waals surface area contributed by atoms with E-state index >= 15 is 0 Å². The first kappa shape index (κ1) is 25.4. The van der Waals surface area contributed by atoms with Gasteiger partial charge < -0.3 is 20.1 Å². The summed E-state index contributed by atoms with van der Waals surface area (Å²) in [5.74, 6) is -1.94. The summed E-state index contributed by atoms with van der Waals surface area (Å²) in [6.45, 7) is 3.97. The smallest absolute Gasteiger partial charge is 0.341 e. The molecule has 0 saturated carbocycles. The molecule has 0 saturated heterocycles. The van der Waals surface area contributed by atoms with Gasteiger partial charge in [0.1, 0.15) is 16.4 Å². The molecule has 8 nitrogen and oxygen atoms in total. The Kier molecular flexibility index (Phi) is 8.22. The Morgan fingerprint density at radius 1 is 0.686 bits per heavy atom. The monoisotopic (exact) mass is 518 g/mol. The van der Waals surface area contributed by atoms with Crippen molar-refractivity contribution in [1.82, 2.24) is 0 Å². The summed E-state index contributed by atoms with van der Waals surface area (Å²) in [5.41, 5.74) is 2.72. The molecular formula is C25H30N2O6S2. The molecule has 2 aliphatic carbocycles. The van der Waals surface area contributed by atoms with Gasteiger partial charge in [-0.1, -0.05) is 0 Å². The van der Waals surface area contributed by atoms with Crippen molar-refractivity contribution in [2.24, 2.45) is 0 Å². The van der Waals surface area contributed by atoms with E-state index in [4.69, 9.17) is 9.47 Å². The van der Waals surface area contributed by atoms with E-state index in [1.807, 2.05) is 0 Å². The van der Waals surface area contributed by atoms with Crippen LogP contribution in [0.25, 0.3) is 0 Å². The molecule has 0 bridgehead atoms. The summed E-state index contributed by atoms with van der Waals surface area (Å²) in [6, 6.07) is 0. The van der Waals surface area contributed by atoms with Gasteiger partial charge >= 0.3 is 11.9 Å². The predicted octanol–water partition coefficient (Wildman–Crippen LogP) is 4.89. The number of aryl methyl sites for hydroxylation is 2. The summed E-state index contributed by atoms with van der Waals surface area (Å²) < 4.78 is 10.4. The van der Waals surface area contributed by atoms with Crippen molar-refractivity contribution in [3.05, 3.63) is 32.0 Å². The number of ether oxygens (including phenoxy) is 2. The van der Waals surface area contributed by atoms with E-state index in [0.717, 1.165) is 72.2 Å². The molecule has 2 heterocycles. The highest BCUT2D eigenvalue weighted by atomic mass is 32.1. The van der Waals surface area contributed by atoms with E-state index in [1.54, 1.807) is 13.8 Å². The number of carbonyl (C=O) groups is 4. The average Bonchev–Trinajstić information content (AvgIpc) is 3.36. The lowest BCUT2D eigenvalue weighted by Crippen LogP contribution is -2.23. The number of amides is 2. The van der Waals surface area contributed by atoms with Gasteiger partial charge in [-0.15, -0.1) is 22.7 Å². The maximum atomic E-state index is 12.8. The first-order valence-electron chi connectivity index (χ1n) is 12.2. The lowest BCUT2D eigenvalue weighted by Gasteiger charge is -2.12. The molecule has 0 radical (unpaired) electrons. The Hall–Kier alpha value is -2.72. The summed E-state index contributed by atoms with van der Waals surface area (Å²) in [4.78, 5) is 52.9. The van der Waals surface area contributed by atoms with Gasteiger partial charge in [0.25, 0.3) is 0 Å². The highest BCUT2D eigenvalue weighted by molar-refractivity contribution is 7.17. The van der Waals surface area contributed by atoms with Gasteiger partial charge in [-0.05, 0) is 76.3 Å². The van der Waals surface area contributed by atoms with Gasteiger partial charge in [-0.25, -0.2) is 9.59 Å². The Bertz CT molecular complexity index is 1060. The van der Waals surface area contributed by atoms with Crippen LogP contribution in [-0.2, 0) is 44.7 Å². The topological polar surface area (TPSA) is 111 Å². The highest BCUT2D eigenvalue weighted by Gasteiger charge is 2.29. The third-order valence-electron chi connectivity index (χ3n) is 6.13. The van der Waals surface area contributed by atoms with Crippen LogP contribution in [0.3, 0.4) is 0 Å². The Morgan fingerprint density at radius 2 is 1.09 bits per heavy atom. The fourth-order valence-corrected chi connectivity index (χ4v) is 7.22. The average molecular weight is 519 g/mol. The zero-order valence-electron chi connectivity index (χ0n) is 20.0. The number of thiophene rings is 2. The maximum absolute atomic E-state index is 12.8. The van der Waals surface area contributed by atoms with Crippen LogP contribution >= 0.6 is 22.7 Å². The number of hydrogen-bond donors (Lipinski definition) is 2. The minimum absolute atomic E-state index is 0.243. The van der Waals surface area contributed by atoms with Gasteiger partial charge in [0.2, 0.25) is 11.8 Å². The Balaban J connectivity index is 1.48. The number of carbonyl (C=O) groups excluding carboxylic acids is 4. The van der Waals surface area contributed by atoms with Crippen LogP contribution in [0.2, 0.25) is 0 Å². The second-order valence-corrected chi connectivity index (χ2v) is 10.8. The van der Waals surface area contributed by atoms with Gasteiger partial charge in [-0.2, -0.15) is 0 Å². The summed E-state index contributed by atoms with van der Waals surface area (Å²) >= 11 is 2.76. The molecule has 0 unspecified atom stereocenters. The first-order chi connectivity index (χ1) is 16.9. The number of rotatable bonds is 8. The summed E-state index contributed by atoms with van der Waals surface area (Å²) in [7, 11) is 0. The zero-order valence-corrected chi connectivity index (χ0v) is 21.7. The van der Waals surface area contributed by atoms with Gasteiger partial charge in [0.15, 0.2) is 0 Å². The van der Waals surface area contributed by atoms with Crippen LogP contribution < -0.4 is 10.6 Å². The molecule has 188 valence electrons. The lowest BCUT2D eigenvalue weighted by atomic mass is 9.95. The molecule has 2 amide bonds. The fraction of sp³-hybridized carbons (Fsp3) is 0.520. The van der Waals surface area contributed by atoms with E-state index in [0.29, 0.717) is 21.1 Å². The molecule has 10 heteroatoms. The summed E-state index contributed by atoms with van der Waals surface area (Å²) in [6.07, 6.45) is 6.89. The SMILES string of the molecule is CCOC(=O)c1c(NC(=O)CC(=O)Nc2sc3c(c2C(=O)OCC)CCCC3)sc2c1CCCC2. The maximum Gasteiger partial charge on any atom is 0.341 e. The van der Waals surface area contributed by atoms with Crippen molar-refractivity contribution in [3.8, 4) is 0 Å². The number of fused-ring (bicyclic) bond motifs is 2. The Morgan fingerprint density at radius 3 is 1.49 bits per heavy atom. The van der Waals surface area contributed by atoms with Crippen LogP contribution in [0.5, 0.6) is 0 Å². The Labute approximate surface area is 212 Å². The molecule has 2 aliphatic rings. The minimum atomic E-state index is -0.523. The predicted molar refractivity (Wildman–Crippen MR) is 136 cm³/mol. The molecule has 2 aromatic rings. The van der Waals surface area contributed by atoms with E-state index in [1.165, 1.54) is 22.7 Å². The van der Waals surface area contributed by atoms with Gasteiger partial charge in [0.05, 0.1) is 24.3 Å². The van der Waals surface area contributed by atoms with Crippen LogP contribution in [0.1, 0.15) is 87.5 Å². The molecule has 4 rings (SSSR count). The number of anilines is 2. The molecule has 2 N–H and O–H groups in total. The van der Waals surface area contributed by atoms with Crippen molar-refractivity contribution < 1.29 is 28.7 Å². The molecule has 0 aromatic carbocycles. The minimum Gasteiger partial charge on any atom is -0.462 e. The first-order valence-corrected chi connectivity index (χ1v) is 13.8. The van der Waals surface area contributed by atoms with E-state index < -0.39 is 30.2 Å². The zero-order chi connectivity index (χ0) is 24.9. The summed E-state index contributed by atoms with van der Waals surface area (Å²) in [5, 5.41) is 6.39. The third-order valence-corrected chi connectivity index (χ3v) is 8.54. The van der Waals surface area contributed by atoms with Crippen molar-refractivity contribution >= 4 is 56.4 Å². The largest absolute Gasteiger partial charge is 0.462 e. The quantitative estimate of drug-likeness (QED) is 0.380. The molecule has 0 spiro atoms. The van der Waals surface area contributed by atoms with Crippen molar-refractivity contribution in [3.63, 3.8) is 0 Å². The standard InChI is InChI=1S/C25H30N2O6S2/c1-3-32-24(30)20-14-9-5-7-11-16(14)34-22(20)26-18(28)13-19(29)27-23-21(25(31)33-4-2)15-10-6-8-12-17(15)35-23/h3-13H2,1-2H3,(H,26,28)(H,27,29). The van der Waals surface area contributed by atoms with Crippen molar-refractivity contribution in [2.45, 2.75) is 71.6 Å². The number of nitrogens with one attached hydrogen (secondary N) is 2. The molecule has 0 fully saturated rings. The second-order valence-electron chi connectivity index (χ2n) is 8.54. The van der Waals surface area contributed by atoms with E-state index in [-0.39, 0.29) is 13.2 Å². The van der Waals surface area contributed by atoms with Crippen LogP contribution in [0.15, 0.2) is 0 Å². The van der Waals surface area contributed by atoms with Gasteiger partial charge in [-0.3, -0.25) is 9.59 Å². The highest BCUT2D eigenvalue weighted by Crippen LogP contribution is 2.40. The molecular weight excluding hydrogens is 488 g/mol. The molecule has 0 atom stereocenters. The second kappa shape index (κ2) is 11.3. The third kappa shape index (κ3) is 5.59. The van der Waals surface area contributed by atoms with Crippen molar-refractivity contribution in [2.75, 3.05) is 23.8 Å². The molecule has 0 aliphatic heterocycles. The van der Waals surface area contributed by atoms with Crippen LogP contribution in [0, 0.1) is 0 Å². The molecule has 35 heavy (non-hydrogen) atoms. The van der Waals surface area contributed by atoms with Crippen molar-refractivity contribution in [1.29, 1.82) is 0 Å². The number of esters is 2. The van der Waals surface area contributed by atoms with E-state index in [2.05, 4.69) is 10.6 Å². The van der Waals surface area contributed by atoms with E-state index in [9.17, 15) is 19.2 Å². The van der Waals surface area contributed by atoms with Crippen LogP contribution in [0.4, 0.5) is 10.0 Å². The normalized spacial score (nSPS) is 14.5. The fourth-order valence-electron chi connectivity index (χ4n) is 4.63. The van der Waals surface area contributed by atoms with Crippen LogP contribution in [-0.4, -0.2) is 37.0 Å². The lowest BCUT2D eigenvalue weighted by molar-refractivity contribution is -0.123. The number of hydrogen-bond acceptors (Lipinski definition) is 8. The molecule has 2 aromatic heterocycles.